The molecule has 0 spiro atoms. The lowest BCUT2D eigenvalue weighted by Gasteiger charge is -2.21. The minimum Gasteiger partial charge on any atom is -0.481 e. The van der Waals surface area contributed by atoms with E-state index in [0.717, 1.165) is 10.9 Å². The number of aryl methyl sites for hydroxylation is 1. The standard InChI is InChI=1S/C19H21N3O4/c1-11-12(2)19(24)26-16-9-14(5-6-15(11)16)25-13(3)18(23)22(4)10-17-20-7-8-21-17/h5-9,13H,10H2,1-4H3,(H,20,21)/t13-/m1/s1. The normalized spacial score (nSPS) is 12.2. The summed E-state index contributed by atoms with van der Waals surface area (Å²) < 4.78 is 11.1. The van der Waals surface area contributed by atoms with E-state index in [4.69, 9.17) is 9.15 Å². The number of nitrogens with zero attached hydrogens (tertiary/aromatic N) is 2. The third-order valence-corrected chi connectivity index (χ3v) is 4.41. The zero-order chi connectivity index (χ0) is 18.8. The molecule has 2 aromatic heterocycles. The zero-order valence-electron chi connectivity index (χ0n) is 15.2. The topological polar surface area (TPSA) is 88.4 Å². The Labute approximate surface area is 150 Å². The number of fused-ring (bicyclic) bond motifs is 1. The predicted molar refractivity (Wildman–Crippen MR) is 97.1 cm³/mol. The van der Waals surface area contributed by atoms with E-state index in [1.54, 1.807) is 45.4 Å². The average molecular weight is 355 g/mol. The molecule has 1 atom stereocenters. The number of nitrogens with one attached hydrogen (secondary N) is 1. The van der Waals surface area contributed by atoms with E-state index in [0.29, 0.717) is 29.3 Å². The van der Waals surface area contributed by atoms with Crippen LogP contribution in [0.2, 0.25) is 0 Å². The van der Waals surface area contributed by atoms with Gasteiger partial charge < -0.3 is 19.0 Å². The number of carbonyl (C=O) groups excluding carboxylic acids is 1. The molecular weight excluding hydrogens is 334 g/mol. The van der Waals surface area contributed by atoms with Crippen molar-refractivity contribution in [3.8, 4) is 5.75 Å². The van der Waals surface area contributed by atoms with Crippen LogP contribution in [0.4, 0.5) is 0 Å². The van der Waals surface area contributed by atoms with Gasteiger partial charge in [-0.1, -0.05) is 0 Å². The molecule has 0 bridgehead atoms. The van der Waals surface area contributed by atoms with Crippen molar-refractivity contribution in [1.29, 1.82) is 0 Å². The summed E-state index contributed by atoms with van der Waals surface area (Å²) in [4.78, 5) is 32.9. The molecule has 26 heavy (non-hydrogen) atoms. The van der Waals surface area contributed by atoms with Crippen LogP contribution in [0, 0.1) is 13.8 Å². The fraction of sp³-hybridized carbons (Fsp3) is 0.316. The highest BCUT2D eigenvalue weighted by atomic mass is 16.5. The van der Waals surface area contributed by atoms with Gasteiger partial charge >= 0.3 is 5.63 Å². The molecule has 7 nitrogen and oxygen atoms in total. The number of aromatic nitrogens is 2. The fourth-order valence-electron chi connectivity index (χ4n) is 2.75. The molecule has 1 aromatic carbocycles. The Morgan fingerprint density at radius 3 is 2.81 bits per heavy atom. The third-order valence-electron chi connectivity index (χ3n) is 4.41. The molecule has 3 rings (SSSR count). The van der Waals surface area contributed by atoms with Crippen molar-refractivity contribution >= 4 is 16.9 Å². The summed E-state index contributed by atoms with van der Waals surface area (Å²) in [6.07, 6.45) is 2.66. The lowest BCUT2D eigenvalue weighted by molar-refractivity contribution is -0.137. The van der Waals surface area contributed by atoms with Gasteiger partial charge in [0, 0.05) is 36.5 Å². The molecule has 0 radical (unpaired) electrons. The molecule has 0 aliphatic rings. The number of benzene rings is 1. The highest BCUT2D eigenvalue weighted by Crippen LogP contribution is 2.24. The number of carbonyl (C=O) groups is 1. The Balaban J connectivity index is 1.76. The van der Waals surface area contributed by atoms with Gasteiger partial charge in [0.1, 0.15) is 17.2 Å². The first-order valence-electron chi connectivity index (χ1n) is 8.30. The van der Waals surface area contributed by atoms with E-state index < -0.39 is 6.10 Å². The smallest absolute Gasteiger partial charge is 0.339 e. The molecule has 3 aromatic rings. The summed E-state index contributed by atoms with van der Waals surface area (Å²) in [6, 6.07) is 5.24. The molecule has 0 unspecified atom stereocenters. The van der Waals surface area contributed by atoms with E-state index in [-0.39, 0.29) is 11.5 Å². The number of aromatic amines is 1. The predicted octanol–water partition coefficient (Wildman–Crippen LogP) is 2.56. The van der Waals surface area contributed by atoms with E-state index in [9.17, 15) is 9.59 Å². The van der Waals surface area contributed by atoms with Crippen molar-refractivity contribution in [3.63, 3.8) is 0 Å². The number of likely N-dealkylation sites (N-methyl/N-ethyl adjacent to an activating group) is 1. The molecule has 1 amide bonds. The van der Waals surface area contributed by atoms with Crippen LogP contribution in [0.15, 0.2) is 39.8 Å². The highest BCUT2D eigenvalue weighted by Gasteiger charge is 2.20. The van der Waals surface area contributed by atoms with Crippen LogP contribution in [-0.4, -0.2) is 33.9 Å². The van der Waals surface area contributed by atoms with Crippen LogP contribution in [0.1, 0.15) is 23.9 Å². The molecule has 0 saturated carbocycles. The SMILES string of the molecule is Cc1c(C)c2ccc(O[C@H](C)C(=O)N(C)Cc3ncc[nH]3)cc2oc1=O. The molecule has 1 N–H and O–H groups in total. The number of hydrogen-bond donors (Lipinski definition) is 1. The summed E-state index contributed by atoms with van der Waals surface area (Å²) in [5.74, 6) is 0.991. The Hall–Kier alpha value is -3.09. The van der Waals surface area contributed by atoms with E-state index in [1.807, 2.05) is 13.0 Å². The number of imidazole rings is 1. The van der Waals surface area contributed by atoms with E-state index in [1.165, 1.54) is 4.90 Å². The monoisotopic (exact) mass is 355 g/mol. The van der Waals surface area contributed by atoms with Crippen LogP contribution >= 0.6 is 0 Å². The van der Waals surface area contributed by atoms with Gasteiger partial charge in [-0.15, -0.1) is 0 Å². The van der Waals surface area contributed by atoms with Gasteiger partial charge in [0.25, 0.3) is 5.91 Å². The second-order valence-corrected chi connectivity index (χ2v) is 6.29. The fourth-order valence-corrected chi connectivity index (χ4v) is 2.75. The van der Waals surface area contributed by atoms with Crippen molar-refractivity contribution in [1.82, 2.24) is 14.9 Å². The highest BCUT2D eigenvalue weighted by molar-refractivity contribution is 5.83. The Morgan fingerprint density at radius 2 is 2.12 bits per heavy atom. The molecule has 0 aliphatic carbocycles. The molecule has 0 fully saturated rings. The second-order valence-electron chi connectivity index (χ2n) is 6.29. The van der Waals surface area contributed by atoms with Gasteiger partial charge in [0.05, 0.1) is 6.54 Å². The quantitative estimate of drug-likeness (QED) is 0.711. The third kappa shape index (κ3) is 3.46. The summed E-state index contributed by atoms with van der Waals surface area (Å²) >= 11 is 0. The summed E-state index contributed by atoms with van der Waals surface area (Å²) in [6.45, 7) is 5.66. The molecule has 0 aliphatic heterocycles. The number of rotatable bonds is 5. The first-order chi connectivity index (χ1) is 12.4. The number of ether oxygens (including phenoxy) is 1. The van der Waals surface area contributed by atoms with Crippen molar-refractivity contribution in [2.24, 2.45) is 0 Å². The molecular formula is C19H21N3O4. The van der Waals surface area contributed by atoms with Crippen LogP contribution < -0.4 is 10.4 Å². The zero-order valence-corrected chi connectivity index (χ0v) is 15.2. The van der Waals surface area contributed by atoms with Crippen LogP contribution in [0.3, 0.4) is 0 Å². The largest absolute Gasteiger partial charge is 0.481 e. The minimum absolute atomic E-state index is 0.178. The number of H-pyrrole nitrogens is 1. The summed E-state index contributed by atoms with van der Waals surface area (Å²) in [7, 11) is 1.69. The lowest BCUT2D eigenvalue weighted by Crippen LogP contribution is -2.37. The van der Waals surface area contributed by atoms with Crippen LogP contribution in [0.25, 0.3) is 11.0 Å². The van der Waals surface area contributed by atoms with Gasteiger partial charge in [-0.05, 0) is 38.5 Å². The maximum Gasteiger partial charge on any atom is 0.339 e. The van der Waals surface area contributed by atoms with Gasteiger partial charge in [0.2, 0.25) is 0 Å². The summed E-state index contributed by atoms with van der Waals surface area (Å²) in [5, 5.41) is 0.850. The minimum atomic E-state index is -0.689. The maximum atomic E-state index is 12.5. The van der Waals surface area contributed by atoms with Crippen LogP contribution in [0.5, 0.6) is 5.75 Å². The van der Waals surface area contributed by atoms with E-state index in [2.05, 4.69) is 9.97 Å². The van der Waals surface area contributed by atoms with Crippen LogP contribution in [-0.2, 0) is 11.3 Å². The van der Waals surface area contributed by atoms with Gasteiger partial charge in [-0.3, -0.25) is 4.79 Å². The van der Waals surface area contributed by atoms with E-state index >= 15 is 0 Å². The van der Waals surface area contributed by atoms with Gasteiger partial charge in [-0.2, -0.15) is 0 Å². The Bertz CT molecular complexity index is 992. The van der Waals surface area contributed by atoms with Crippen molar-refractivity contribution in [2.75, 3.05) is 7.05 Å². The average Bonchev–Trinajstić information content (AvgIpc) is 3.11. The lowest BCUT2D eigenvalue weighted by atomic mass is 10.1. The summed E-state index contributed by atoms with van der Waals surface area (Å²) in [5.41, 5.74) is 1.55. The Kier molecular flexibility index (Phi) is 4.79. The van der Waals surface area contributed by atoms with Gasteiger partial charge in [0.15, 0.2) is 6.10 Å². The maximum absolute atomic E-state index is 12.5. The Morgan fingerprint density at radius 1 is 1.35 bits per heavy atom. The molecule has 0 saturated heterocycles. The second kappa shape index (κ2) is 7.03. The molecule has 7 heteroatoms. The first kappa shape index (κ1) is 17.7. The number of amides is 1. The van der Waals surface area contributed by atoms with Gasteiger partial charge in [-0.25, -0.2) is 9.78 Å². The van der Waals surface area contributed by atoms with Crippen molar-refractivity contribution in [3.05, 3.63) is 58.0 Å². The molecule has 2 heterocycles. The van der Waals surface area contributed by atoms with Crippen molar-refractivity contribution < 1.29 is 13.9 Å². The molecule has 136 valence electrons. The van der Waals surface area contributed by atoms with Crippen molar-refractivity contribution in [2.45, 2.75) is 33.4 Å². The first-order valence-corrected chi connectivity index (χ1v) is 8.30. The number of hydrogen-bond acceptors (Lipinski definition) is 5.